The maximum absolute atomic E-state index is 10.7. The summed E-state index contributed by atoms with van der Waals surface area (Å²) >= 11 is 12.1. The third-order valence-corrected chi connectivity index (χ3v) is 4.13. The van der Waals surface area contributed by atoms with E-state index in [1.54, 1.807) is 25.1 Å². The highest BCUT2D eigenvalue weighted by molar-refractivity contribution is 6.33. The molecule has 2 nitrogen and oxygen atoms in total. The van der Waals surface area contributed by atoms with Crippen LogP contribution in [-0.4, -0.2) is 17.7 Å². The van der Waals surface area contributed by atoms with E-state index in [9.17, 15) is 5.11 Å². The molecule has 1 aromatic carbocycles. The summed E-state index contributed by atoms with van der Waals surface area (Å²) in [7, 11) is 0. The predicted molar refractivity (Wildman–Crippen MR) is 76.3 cm³/mol. The average Bonchev–Trinajstić information content (AvgIpc) is 2.33. The van der Waals surface area contributed by atoms with Crippen molar-refractivity contribution in [2.75, 3.05) is 6.54 Å². The Morgan fingerprint density at radius 2 is 2.17 bits per heavy atom. The average molecular weight is 288 g/mol. The van der Waals surface area contributed by atoms with E-state index in [2.05, 4.69) is 5.32 Å². The third-order valence-electron chi connectivity index (χ3n) is 3.56. The van der Waals surface area contributed by atoms with Crippen LogP contribution in [0.3, 0.4) is 0 Å². The lowest BCUT2D eigenvalue weighted by molar-refractivity contribution is 0.0333. The van der Waals surface area contributed by atoms with E-state index in [-0.39, 0.29) is 0 Å². The summed E-state index contributed by atoms with van der Waals surface area (Å²) in [6.07, 6.45) is 4.20. The van der Waals surface area contributed by atoms with Crippen molar-refractivity contribution in [3.05, 3.63) is 33.8 Å². The van der Waals surface area contributed by atoms with Gasteiger partial charge in [0.25, 0.3) is 0 Å². The molecule has 2 N–H and O–H groups in total. The lowest BCUT2D eigenvalue weighted by atomic mass is 9.86. The zero-order valence-electron chi connectivity index (χ0n) is 10.5. The molecule has 100 valence electrons. The van der Waals surface area contributed by atoms with Gasteiger partial charge in [0.15, 0.2) is 0 Å². The Bertz CT molecular complexity index is 414. The van der Waals surface area contributed by atoms with E-state index in [4.69, 9.17) is 23.2 Å². The number of nitrogens with one attached hydrogen (secondary N) is 1. The maximum Gasteiger partial charge on any atom is 0.0898 e. The van der Waals surface area contributed by atoms with Crippen molar-refractivity contribution in [2.24, 2.45) is 0 Å². The first kappa shape index (κ1) is 14.1. The van der Waals surface area contributed by atoms with E-state index in [0.717, 1.165) is 13.0 Å². The molecule has 18 heavy (non-hydrogen) atoms. The van der Waals surface area contributed by atoms with Crippen LogP contribution < -0.4 is 5.32 Å². The van der Waals surface area contributed by atoms with E-state index in [1.165, 1.54) is 12.8 Å². The fourth-order valence-electron chi connectivity index (χ4n) is 2.60. The Morgan fingerprint density at radius 3 is 2.83 bits per heavy atom. The lowest BCUT2D eigenvalue weighted by Crippen LogP contribution is -2.39. The number of piperidine rings is 1. The minimum Gasteiger partial charge on any atom is -0.385 e. The minimum atomic E-state index is -0.947. The van der Waals surface area contributed by atoms with Crippen LogP contribution in [0.1, 0.15) is 38.2 Å². The Hall–Kier alpha value is -0.280. The van der Waals surface area contributed by atoms with Crippen molar-refractivity contribution in [3.8, 4) is 0 Å². The summed E-state index contributed by atoms with van der Waals surface area (Å²) in [6, 6.07) is 5.58. The van der Waals surface area contributed by atoms with Crippen LogP contribution in [0.2, 0.25) is 10.0 Å². The summed E-state index contributed by atoms with van der Waals surface area (Å²) in [6.45, 7) is 2.84. The third kappa shape index (κ3) is 3.39. The summed E-state index contributed by atoms with van der Waals surface area (Å²) in [5.41, 5.74) is -0.235. The molecule has 2 atom stereocenters. The van der Waals surface area contributed by atoms with E-state index < -0.39 is 5.60 Å². The van der Waals surface area contributed by atoms with E-state index in [0.29, 0.717) is 28.1 Å². The zero-order chi connectivity index (χ0) is 13.2. The van der Waals surface area contributed by atoms with Crippen LogP contribution in [0.4, 0.5) is 0 Å². The Morgan fingerprint density at radius 1 is 1.39 bits per heavy atom. The fraction of sp³-hybridized carbons (Fsp3) is 0.571. The standard InChI is InChI=1S/C14H19Cl2NO/c1-14(18,9-11-4-2-3-7-17-11)12-8-10(15)5-6-13(12)16/h5-6,8,11,17-18H,2-4,7,9H2,1H3. The molecule has 1 aromatic rings. The van der Waals surface area contributed by atoms with Crippen LogP contribution in [0.5, 0.6) is 0 Å². The van der Waals surface area contributed by atoms with Gasteiger partial charge in [-0.25, -0.2) is 0 Å². The van der Waals surface area contributed by atoms with E-state index in [1.807, 2.05) is 0 Å². The zero-order valence-corrected chi connectivity index (χ0v) is 12.1. The van der Waals surface area contributed by atoms with Gasteiger partial charge in [-0.2, -0.15) is 0 Å². The Balaban J connectivity index is 2.15. The Kier molecular flexibility index (Phi) is 4.54. The Labute approximate surface area is 118 Å². The second-order valence-electron chi connectivity index (χ2n) is 5.25. The number of benzene rings is 1. The lowest BCUT2D eigenvalue weighted by Gasteiger charge is -2.32. The number of hydrogen-bond acceptors (Lipinski definition) is 2. The molecule has 1 aliphatic heterocycles. The van der Waals surface area contributed by atoms with Crippen LogP contribution in [0, 0.1) is 0 Å². The van der Waals surface area contributed by atoms with Gasteiger partial charge in [-0.05, 0) is 50.9 Å². The monoisotopic (exact) mass is 287 g/mol. The van der Waals surface area contributed by atoms with Crippen molar-refractivity contribution in [1.82, 2.24) is 5.32 Å². The highest BCUT2D eigenvalue weighted by atomic mass is 35.5. The van der Waals surface area contributed by atoms with Gasteiger partial charge in [-0.3, -0.25) is 0 Å². The molecule has 0 saturated carbocycles. The number of hydrogen-bond donors (Lipinski definition) is 2. The molecule has 0 amide bonds. The molecular formula is C14H19Cl2NO. The molecule has 4 heteroatoms. The van der Waals surface area contributed by atoms with Gasteiger partial charge in [0.1, 0.15) is 0 Å². The molecule has 2 rings (SSSR count). The van der Waals surface area contributed by atoms with E-state index >= 15 is 0 Å². The topological polar surface area (TPSA) is 32.3 Å². The van der Waals surface area contributed by atoms with Crippen molar-refractivity contribution < 1.29 is 5.11 Å². The van der Waals surface area contributed by atoms with Crippen molar-refractivity contribution in [3.63, 3.8) is 0 Å². The van der Waals surface area contributed by atoms with Gasteiger partial charge in [0.2, 0.25) is 0 Å². The first-order valence-corrected chi connectivity index (χ1v) is 7.16. The molecule has 0 radical (unpaired) electrons. The quantitative estimate of drug-likeness (QED) is 0.888. The van der Waals surface area contributed by atoms with Gasteiger partial charge in [0, 0.05) is 21.7 Å². The molecule has 1 fully saturated rings. The van der Waals surface area contributed by atoms with Crippen LogP contribution in [-0.2, 0) is 5.60 Å². The summed E-state index contributed by atoms with van der Waals surface area (Å²) < 4.78 is 0. The predicted octanol–water partition coefficient (Wildman–Crippen LogP) is 3.73. The van der Waals surface area contributed by atoms with Crippen LogP contribution in [0.15, 0.2) is 18.2 Å². The molecule has 1 saturated heterocycles. The highest BCUT2D eigenvalue weighted by Gasteiger charge is 2.30. The molecule has 0 aliphatic carbocycles. The SMILES string of the molecule is CC(O)(CC1CCCCN1)c1cc(Cl)ccc1Cl. The molecule has 0 spiro atoms. The number of aliphatic hydroxyl groups is 1. The van der Waals surface area contributed by atoms with Gasteiger partial charge in [-0.1, -0.05) is 29.6 Å². The van der Waals surface area contributed by atoms with Crippen LogP contribution >= 0.6 is 23.2 Å². The summed E-state index contributed by atoms with van der Waals surface area (Å²) in [5, 5.41) is 15.3. The first-order chi connectivity index (χ1) is 8.49. The molecule has 0 aromatic heterocycles. The second kappa shape index (κ2) is 5.79. The molecule has 1 aliphatic rings. The van der Waals surface area contributed by atoms with Gasteiger partial charge < -0.3 is 10.4 Å². The minimum absolute atomic E-state index is 0.351. The highest BCUT2D eigenvalue weighted by Crippen LogP contribution is 2.34. The van der Waals surface area contributed by atoms with Crippen molar-refractivity contribution in [2.45, 2.75) is 44.2 Å². The van der Waals surface area contributed by atoms with Gasteiger partial charge in [0.05, 0.1) is 5.60 Å². The fourth-order valence-corrected chi connectivity index (χ4v) is 3.09. The van der Waals surface area contributed by atoms with Gasteiger partial charge in [-0.15, -0.1) is 0 Å². The van der Waals surface area contributed by atoms with Crippen molar-refractivity contribution in [1.29, 1.82) is 0 Å². The molecule has 1 heterocycles. The summed E-state index contributed by atoms with van der Waals surface area (Å²) in [5.74, 6) is 0. The molecular weight excluding hydrogens is 269 g/mol. The molecule has 2 unspecified atom stereocenters. The number of rotatable bonds is 3. The molecule has 0 bridgehead atoms. The van der Waals surface area contributed by atoms with Crippen molar-refractivity contribution >= 4 is 23.2 Å². The second-order valence-corrected chi connectivity index (χ2v) is 6.09. The largest absolute Gasteiger partial charge is 0.385 e. The van der Waals surface area contributed by atoms with Gasteiger partial charge >= 0.3 is 0 Å². The number of halogens is 2. The summed E-state index contributed by atoms with van der Waals surface area (Å²) in [4.78, 5) is 0. The first-order valence-electron chi connectivity index (χ1n) is 6.40. The normalized spacial score (nSPS) is 23.7. The smallest absolute Gasteiger partial charge is 0.0898 e. The maximum atomic E-state index is 10.7. The van der Waals surface area contributed by atoms with Crippen LogP contribution in [0.25, 0.3) is 0 Å².